The number of non-ortho nitro benzene ring substituents is 1. The van der Waals surface area contributed by atoms with Crippen LogP contribution in [0.25, 0.3) is 0 Å². The Labute approximate surface area is 109 Å². The highest BCUT2D eigenvalue weighted by Crippen LogP contribution is 2.37. The first kappa shape index (κ1) is 13.1. The molecule has 0 aliphatic carbocycles. The molecule has 0 saturated heterocycles. The van der Waals surface area contributed by atoms with Crippen LogP contribution in [0.15, 0.2) is 12.1 Å². The van der Waals surface area contributed by atoms with Gasteiger partial charge in [-0.2, -0.15) is 0 Å². The molecule has 0 radical (unpaired) electrons. The van der Waals surface area contributed by atoms with Crippen molar-refractivity contribution >= 4 is 11.6 Å². The van der Waals surface area contributed by atoms with Gasteiger partial charge < -0.3 is 14.4 Å². The number of nitro benzene ring substituents is 1. The zero-order valence-corrected chi connectivity index (χ0v) is 10.7. The summed E-state index contributed by atoms with van der Waals surface area (Å²) in [5, 5.41) is 10.9. The number of carbonyl (C=O) groups excluding carboxylic acids is 1. The van der Waals surface area contributed by atoms with Gasteiger partial charge in [-0.1, -0.05) is 0 Å². The lowest BCUT2D eigenvalue weighted by atomic mass is 10.1. The summed E-state index contributed by atoms with van der Waals surface area (Å²) in [7, 11) is 3.15. The largest absolute Gasteiger partial charge is 0.489 e. The predicted octanol–water partition coefficient (Wildman–Crippen LogP) is 1.46. The standard InChI is InChI=1S/C12H14N2O5/c1-13(2)12(15)9-6-8(14(16)17)7-10-11(9)19-5-3-4-18-10/h6-7H,3-5H2,1-2H3. The summed E-state index contributed by atoms with van der Waals surface area (Å²) in [6.45, 7) is 0.822. The van der Waals surface area contributed by atoms with Gasteiger partial charge in [0.05, 0.1) is 29.8 Å². The molecule has 1 heterocycles. The Morgan fingerprint density at radius 2 is 2.00 bits per heavy atom. The number of hydrogen-bond donors (Lipinski definition) is 0. The van der Waals surface area contributed by atoms with Crippen LogP contribution in [0.3, 0.4) is 0 Å². The third-order valence-corrected chi connectivity index (χ3v) is 2.68. The minimum absolute atomic E-state index is 0.149. The van der Waals surface area contributed by atoms with Gasteiger partial charge in [0.2, 0.25) is 0 Å². The quantitative estimate of drug-likeness (QED) is 0.597. The van der Waals surface area contributed by atoms with Crippen molar-refractivity contribution in [3.63, 3.8) is 0 Å². The van der Waals surface area contributed by atoms with Gasteiger partial charge >= 0.3 is 0 Å². The summed E-state index contributed by atoms with van der Waals surface area (Å²) < 4.78 is 10.9. The maximum Gasteiger partial charge on any atom is 0.274 e. The maximum absolute atomic E-state index is 12.1. The number of nitro groups is 1. The first-order chi connectivity index (χ1) is 9.00. The summed E-state index contributed by atoms with van der Waals surface area (Å²) >= 11 is 0. The van der Waals surface area contributed by atoms with Gasteiger partial charge in [0.1, 0.15) is 0 Å². The molecule has 0 atom stereocenters. The molecule has 2 rings (SSSR count). The molecule has 7 nitrogen and oxygen atoms in total. The first-order valence-corrected chi connectivity index (χ1v) is 5.80. The van der Waals surface area contributed by atoms with Crippen molar-refractivity contribution in [1.29, 1.82) is 0 Å². The molecule has 1 aromatic carbocycles. The highest BCUT2D eigenvalue weighted by molar-refractivity contribution is 5.98. The molecule has 0 saturated carbocycles. The molecule has 1 aromatic rings. The van der Waals surface area contributed by atoms with E-state index in [1.807, 2.05) is 0 Å². The van der Waals surface area contributed by atoms with Crippen molar-refractivity contribution in [2.24, 2.45) is 0 Å². The van der Waals surface area contributed by atoms with Crippen molar-refractivity contribution in [2.75, 3.05) is 27.3 Å². The number of fused-ring (bicyclic) bond motifs is 1. The van der Waals surface area contributed by atoms with Crippen molar-refractivity contribution < 1.29 is 19.2 Å². The van der Waals surface area contributed by atoms with Crippen LogP contribution in [0, 0.1) is 10.1 Å². The third kappa shape index (κ3) is 2.59. The van der Waals surface area contributed by atoms with Crippen LogP contribution in [0.4, 0.5) is 5.69 Å². The summed E-state index contributed by atoms with van der Waals surface area (Å²) in [4.78, 5) is 23.8. The molecule has 0 fully saturated rings. The van der Waals surface area contributed by atoms with E-state index in [1.165, 1.54) is 17.0 Å². The van der Waals surface area contributed by atoms with Crippen LogP contribution in [0.1, 0.15) is 16.8 Å². The molecule has 0 N–H and O–H groups in total. The van der Waals surface area contributed by atoms with E-state index in [1.54, 1.807) is 14.1 Å². The zero-order valence-electron chi connectivity index (χ0n) is 10.7. The van der Waals surface area contributed by atoms with Gasteiger partial charge in [-0.3, -0.25) is 14.9 Å². The van der Waals surface area contributed by atoms with Gasteiger partial charge in [0.15, 0.2) is 11.5 Å². The summed E-state index contributed by atoms with van der Waals surface area (Å²) in [6, 6.07) is 2.50. The Morgan fingerprint density at radius 1 is 1.32 bits per heavy atom. The smallest absolute Gasteiger partial charge is 0.274 e. The molecule has 0 spiro atoms. The molecule has 19 heavy (non-hydrogen) atoms. The second-order valence-corrected chi connectivity index (χ2v) is 4.33. The molecule has 1 amide bonds. The SMILES string of the molecule is CN(C)C(=O)c1cc([N+](=O)[O-])cc2c1OCCCO2. The van der Waals surface area contributed by atoms with Gasteiger partial charge in [0.25, 0.3) is 11.6 Å². The van der Waals surface area contributed by atoms with Crippen molar-refractivity contribution in [3.8, 4) is 11.5 Å². The van der Waals surface area contributed by atoms with Crippen molar-refractivity contribution in [3.05, 3.63) is 27.8 Å². The van der Waals surface area contributed by atoms with E-state index >= 15 is 0 Å². The third-order valence-electron chi connectivity index (χ3n) is 2.68. The van der Waals surface area contributed by atoms with Crippen molar-refractivity contribution in [1.82, 2.24) is 4.90 Å². The minimum atomic E-state index is -0.555. The summed E-state index contributed by atoms with van der Waals surface area (Å²) in [6.07, 6.45) is 0.665. The normalized spacial score (nSPS) is 13.6. The fourth-order valence-electron chi connectivity index (χ4n) is 1.76. The number of nitrogens with zero attached hydrogens (tertiary/aromatic N) is 2. The Bertz CT molecular complexity index is 527. The second-order valence-electron chi connectivity index (χ2n) is 4.33. The lowest BCUT2D eigenvalue weighted by Crippen LogP contribution is -2.22. The molecule has 1 aliphatic rings. The van der Waals surface area contributed by atoms with E-state index in [0.717, 1.165) is 0 Å². The van der Waals surface area contributed by atoms with Gasteiger partial charge in [-0.05, 0) is 0 Å². The monoisotopic (exact) mass is 266 g/mol. The molecule has 7 heteroatoms. The predicted molar refractivity (Wildman–Crippen MR) is 66.7 cm³/mol. The second kappa shape index (κ2) is 5.13. The summed E-state index contributed by atoms with van der Waals surface area (Å²) in [5.74, 6) is 0.171. The number of amides is 1. The average molecular weight is 266 g/mol. The number of benzene rings is 1. The Balaban J connectivity index is 2.58. The van der Waals surface area contributed by atoms with E-state index in [-0.39, 0.29) is 28.7 Å². The van der Waals surface area contributed by atoms with Gasteiger partial charge in [-0.15, -0.1) is 0 Å². The zero-order chi connectivity index (χ0) is 14.0. The lowest BCUT2D eigenvalue weighted by Gasteiger charge is -2.15. The fraction of sp³-hybridized carbons (Fsp3) is 0.417. The van der Waals surface area contributed by atoms with E-state index in [2.05, 4.69) is 0 Å². The lowest BCUT2D eigenvalue weighted by molar-refractivity contribution is -0.385. The minimum Gasteiger partial charge on any atom is -0.489 e. The highest BCUT2D eigenvalue weighted by atomic mass is 16.6. The van der Waals surface area contributed by atoms with Crippen LogP contribution < -0.4 is 9.47 Å². The number of hydrogen-bond acceptors (Lipinski definition) is 5. The fourth-order valence-corrected chi connectivity index (χ4v) is 1.76. The molecule has 102 valence electrons. The molecule has 0 unspecified atom stereocenters. The van der Waals surface area contributed by atoms with Crippen LogP contribution in [0.2, 0.25) is 0 Å². The topological polar surface area (TPSA) is 81.9 Å². The average Bonchev–Trinajstić information content (AvgIpc) is 2.61. The van der Waals surface area contributed by atoms with Crippen LogP contribution in [-0.2, 0) is 0 Å². The van der Waals surface area contributed by atoms with E-state index < -0.39 is 4.92 Å². The highest BCUT2D eigenvalue weighted by Gasteiger charge is 2.25. The summed E-state index contributed by atoms with van der Waals surface area (Å²) in [5.41, 5.74) is -0.0365. The Hall–Kier alpha value is -2.31. The number of rotatable bonds is 2. The van der Waals surface area contributed by atoms with E-state index in [4.69, 9.17) is 9.47 Å². The number of ether oxygens (including phenoxy) is 2. The Morgan fingerprint density at radius 3 is 2.63 bits per heavy atom. The molecular weight excluding hydrogens is 252 g/mol. The van der Waals surface area contributed by atoms with Gasteiger partial charge in [0, 0.05) is 26.6 Å². The molecular formula is C12H14N2O5. The first-order valence-electron chi connectivity index (χ1n) is 5.80. The maximum atomic E-state index is 12.1. The Kier molecular flexibility index (Phi) is 3.55. The van der Waals surface area contributed by atoms with Gasteiger partial charge in [-0.25, -0.2) is 0 Å². The van der Waals surface area contributed by atoms with Crippen molar-refractivity contribution in [2.45, 2.75) is 6.42 Å². The van der Waals surface area contributed by atoms with Crippen LogP contribution >= 0.6 is 0 Å². The van der Waals surface area contributed by atoms with E-state index in [9.17, 15) is 14.9 Å². The molecule has 1 aliphatic heterocycles. The number of carbonyl (C=O) groups is 1. The van der Waals surface area contributed by atoms with Crippen LogP contribution in [0.5, 0.6) is 11.5 Å². The van der Waals surface area contributed by atoms with Crippen LogP contribution in [-0.4, -0.2) is 43.0 Å². The molecule has 0 bridgehead atoms. The van der Waals surface area contributed by atoms with E-state index in [0.29, 0.717) is 19.6 Å². The molecule has 0 aromatic heterocycles.